The summed E-state index contributed by atoms with van der Waals surface area (Å²) in [5.41, 5.74) is 2.86. The summed E-state index contributed by atoms with van der Waals surface area (Å²) in [6.45, 7) is 5.81. The predicted molar refractivity (Wildman–Crippen MR) is 83.5 cm³/mol. The number of nitrogens with zero attached hydrogens (tertiary/aromatic N) is 3. The minimum Gasteiger partial charge on any atom is -0.480 e. The largest absolute Gasteiger partial charge is 0.480 e. The average molecular weight is 289 g/mol. The van der Waals surface area contributed by atoms with Crippen molar-refractivity contribution >= 4 is 17.0 Å². The molecule has 0 spiro atoms. The molecule has 1 heterocycles. The van der Waals surface area contributed by atoms with Gasteiger partial charge in [-0.25, -0.2) is 9.78 Å². The van der Waals surface area contributed by atoms with Gasteiger partial charge < -0.3 is 9.67 Å². The first-order valence-electron chi connectivity index (χ1n) is 7.24. The zero-order chi connectivity index (χ0) is 15.7. The summed E-state index contributed by atoms with van der Waals surface area (Å²) < 4.78 is 1.85. The number of carboxylic acids is 1. The highest BCUT2D eigenvalue weighted by Crippen LogP contribution is 2.29. The lowest BCUT2D eigenvalue weighted by atomic mass is 10.1. The fourth-order valence-corrected chi connectivity index (χ4v) is 2.76. The summed E-state index contributed by atoms with van der Waals surface area (Å²) in [4.78, 5) is 18.3. The second-order valence-electron chi connectivity index (χ2n) is 5.73. The van der Waals surface area contributed by atoms with Gasteiger partial charge in [-0.05, 0) is 52.1 Å². The highest BCUT2D eigenvalue weighted by atomic mass is 16.4. The van der Waals surface area contributed by atoms with Crippen molar-refractivity contribution in [2.75, 3.05) is 14.1 Å². The number of fused-ring (bicyclic) bond motifs is 1. The van der Waals surface area contributed by atoms with Gasteiger partial charge in [-0.1, -0.05) is 13.0 Å². The summed E-state index contributed by atoms with van der Waals surface area (Å²) in [5, 5.41) is 9.42. The standard InChI is InChI=1S/C16H23N3O2/c1-6-13(18(4)5)15-17-12-9-10(2)7-8-14(12)19(15)11(3)16(20)21/h7-9,11,13H,6H2,1-5H3,(H,20,21). The van der Waals surface area contributed by atoms with Gasteiger partial charge in [-0.2, -0.15) is 0 Å². The molecular weight excluding hydrogens is 266 g/mol. The molecule has 0 fully saturated rings. The van der Waals surface area contributed by atoms with Crippen LogP contribution in [0, 0.1) is 6.92 Å². The SMILES string of the molecule is CCC(c1nc2cc(C)ccc2n1C(C)C(=O)O)N(C)C. The molecule has 2 unspecified atom stereocenters. The van der Waals surface area contributed by atoms with Gasteiger partial charge >= 0.3 is 5.97 Å². The number of aromatic nitrogens is 2. The quantitative estimate of drug-likeness (QED) is 0.919. The lowest BCUT2D eigenvalue weighted by molar-refractivity contribution is -0.140. The Bertz CT molecular complexity index is 661. The smallest absolute Gasteiger partial charge is 0.326 e. The molecule has 1 N–H and O–H groups in total. The first-order valence-corrected chi connectivity index (χ1v) is 7.24. The van der Waals surface area contributed by atoms with Crippen LogP contribution in [0.5, 0.6) is 0 Å². The zero-order valence-corrected chi connectivity index (χ0v) is 13.3. The summed E-state index contributed by atoms with van der Waals surface area (Å²) in [5.74, 6) is -0.0252. The number of carbonyl (C=O) groups is 1. The number of aliphatic carboxylic acids is 1. The van der Waals surface area contributed by atoms with E-state index in [-0.39, 0.29) is 6.04 Å². The van der Waals surface area contributed by atoms with Gasteiger partial charge in [-0.15, -0.1) is 0 Å². The molecular formula is C16H23N3O2. The molecule has 5 nitrogen and oxygen atoms in total. The second-order valence-corrected chi connectivity index (χ2v) is 5.73. The van der Waals surface area contributed by atoms with Gasteiger partial charge in [0.05, 0.1) is 17.1 Å². The highest BCUT2D eigenvalue weighted by Gasteiger charge is 2.26. The molecule has 21 heavy (non-hydrogen) atoms. The third kappa shape index (κ3) is 2.78. The van der Waals surface area contributed by atoms with E-state index in [1.54, 1.807) is 6.92 Å². The van der Waals surface area contributed by atoms with Crippen LogP contribution in [0.1, 0.15) is 43.7 Å². The summed E-state index contributed by atoms with van der Waals surface area (Å²) >= 11 is 0. The number of benzene rings is 1. The van der Waals surface area contributed by atoms with Crippen LogP contribution in [-0.4, -0.2) is 39.6 Å². The van der Waals surface area contributed by atoms with Crippen molar-refractivity contribution in [2.24, 2.45) is 0 Å². The molecule has 2 aromatic rings. The second kappa shape index (κ2) is 5.85. The van der Waals surface area contributed by atoms with E-state index in [1.165, 1.54) is 0 Å². The van der Waals surface area contributed by atoms with Gasteiger partial charge in [0.25, 0.3) is 0 Å². The van der Waals surface area contributed by atoms with Crippen molar-refractivity contribution in [3.8, 4) is 0 Å². The minimum atomic E-state index is -0.843. The topological polar surface area (TPSA) is 58.4 Å². The average Bonchev–Trinajstić information content (AvgIpc) is 2.75. The van der Waals surface area contributed by atoms with Gasteiger partial charge in [0, 0.05) is 0 Å². The Morgan fingerprint density at radius 3 is 2.62 bits per heavy atom. The van der Waals surface area contributed by atoms with Crippen LogP contribution in [0.3, 0.4) is 0 Å². The molecule has 0 amide bonds. The third-order valence-corrected chi connectivity index (χ3v) is 3.93. The van der Waals surface area contributed by atoms with Crippen molar-refractivity contribution in [1.29, 1.82) is 0 Å². The summed E-state index contributed by atoms with van der Waals surface area (Å²) in [6, 6.07) is 5.42. The lowest BCUT2D eigenvalue weighted by Gasteiger charge is -2.24. The highest BCUT2D eigenvalue weighted by molar-refractivity contribution is 5.81. The van der Waals surface area contributed by atoms with Crippen LogP contribution in [0.4, 0.5) is 0 Å². The molecule has 0 aliphatic carbocycles. The van der Waals surface area contributed by atoms with Crippen LogP contribution in [-0.2, 0) is 4.79 Å². The lowest BCUT2D eigenvalue weighted by Crippen LogP contribution is -2.26. The van der Waals surface area contributed by atoms with E-state index in [0.717, 1.165) is 28.8 Å². The zero-order valence-electron chi connectivity index (χ0n) is 13.3. The van der Waals surface area contributed by atoms with Crippen molar-refractivity contribution in [2.45, 2.75) is 39.3 Å². The maximum Gasteiger partial charge on any atom is 0.326 e. The minimum absolute atomic E-state index is 0.0968. The van der Waals surface area contributed by atoms with Gasteiger partial charge in [0.2, 0.25) is 0 Å². The molecule has 2 atom stereocenters. The summed E-state index contributed by atoms with van der Waals surface area (Å²) in [7, 11) is 3.99. The van der Waals surface area contributed by atoms with Crippen molar-refractivity contribution in [3.05, 3.63) is 29.6 Å². The molecule has 2 rings (SSSR count). The first kappa shape index (κ1) is 15.5. The van der Waals surface area contributed by atoms with E-state index in [9.17, 15) is 9.90 Å². The number of imidazole rings is 1. The predicted octanol–water partition coefficient (Wildman–Crippen LogP) is 3.00. The van der Waals surface area contributed by atoms with Gasteiger partial charge in [0.1, 0.15) is 11.9 Å². The molecule has 0 saturated carbocycles. The summed E-state index contributed by atoms with van der Waals surface area (Å²) in [6.07, 6.45) is 0.877. The normalized spacial score (nSPS) is 14.6. The molecule has 0 saturated heterocycles. The molecule has 114 valence electrons. The number of hydrogen-bond donors (Lipinski definition) is 1. The monoisotopic (exact) mass is 289 g/mol. The number of hydrogen-bond acceptors (Lipinski definition) is 3. The van der Waals surface area contributed by atoms with Crippen LogP contribution in [0.2, 0.25) is 0 Å². The Morgan fingerprint density at radius 1 is 1.43 bits per heavy atom. The molecule has 1 aromatic heterocycles. The fourth-order valence-electron chi connectivity index (χ4n) is 2.76. The van der Waals surface area contributed by atoms with E-state index in [0.29, 0.717) is 0 Å². The molecule has 0 aliphatic rings. The maximum atomic E-state index is 11.5. The first-order chi connectivity index (χ1) is 9.86. The Kier molecular flexibility index (Phi) is 4.32. The molecule has 1 aromatic carbocycles. The van der Waals surface area contributed by atoms with E-state index < -0.39 is 12.0 Å². The van der Waals surface area contributed by atoms with E-state index in [4.69, 9.17) is 4.98 Å². The van der Waals surface area contributed by atoms with Gasteiger partial charge in [0.15, 0.2) is 0 Å². The van der Waals surface area contributed by atoms with Crippen molar-refractivity contribution < 1.29 is 9.90 Å². The van der Waals surface area contributed by atoms with E-state index in [1.807, 2.05) is 43.8 Å². The van der Waals surface area contributed by atoms with E-state index in [2.05, 4.69) is 11.8 Å². The van der Waals surface area contributed by atoms with Crippen molar-refractivity contribution in [1.82, 2.24) is 14.5 Å². The Balaban J connectivity index is 2.73. The Morgan fingerprint density at radius 2 is 2.10 bits per heavy atom. The Hall–Kier alpha value is -1.88. The molecule has 0 bridgehead atoms. The van der Waals surface area contributed by atoms with Crippen LogP contribution < -0.4 is 0 Å². The number of carboxylic acid groups (broad SMARTS) is 1. The maximum absolute atomic E-state index is 11.5. The van der Waals surface area contributed by atoms with Crippen LogP contribution >= 0.6 is 0 Å². The van der Waals surface area contributed by atoms with Crippen molar-refractivity contribution in [3.63, 3.8) is 0 Å². The Labute approximate surface area is 125 Å². The molecule has 0 radical (unpaired) electrons. The van der Waals surface area contributed by atoms with E-state index >= 15 is 0 Å². The van der Waals surface area contributed by atoms with Crippen LogP contribution in [0.25, 0.3) is 11.0 Å². The van der Waals surface area contributed by atoms with Crippen LogP contribution in [0.15, 0.2) is 18.2 Å². The van der Waals surface area contributed by atoms with Gasteiger partial charge in [-0.3, -0.25) is 4.90 Å². The fraction of sp³-hybridized carbons (Fsp3) is 0.500. The number of aryl methyl sites for hydroxylation is 1. The molecule has 5 heteroatoms. The third-order valence-electron chi connectivity index (χ3n) is 3.93. The molecule has 0 aliphatic heterocycles. The number of rotatable bonds is 5.